The molecule has 0 bridgehead atoms. The van der Waals surface area contributed by atoms with Crippen molar-refractivity contribution in [3.63, 3.8) is 0 Å². The number of fused-ring (bicyclic) bond motifs is 1. The molecule has 1 aliphatic heterocycles. The van der Waals surface area contributed by atoms with E-state index >= 15 is 0 Å². The Morgan fingerprint density at radius 1 is 1.12 bits per heavy atom. The van der Waals surface area contributed by atoms with Gasteiger partial charge in [-0.15, -0.1) is 0 Å². The molecular weight excluding hydrogens is 304 g/mol. The Labute approximate surface area is 142 Å². The van der Waals surface area contributed by atoms with Crippen LogP contribution < -0.4 is 18.9 Å². The van der Waals surface area contributed by atoms with Crippen molar-refractivity contribution in [2.75, 3.05) is 20.5 Å². The number of allylic oxidation sites excluding steroid dienone is 1. The lowest BCUT2D eigenvalue weighted by molar-refractivity contribution is 0.174. The van der Waals surface area contributed by atoms with Gasteiger partial charge in [0.25, 0.3) is 0 Å². The fourth-order valence-corrected chi connectivity index (χ4v) is 2.71. The van der Waals surface area contributed by atoms with Gasteiger partial charge >= 0.3 is 0 Å². The Bertz CT molecular complexity index is 719. The summed E-state index contributed by atoms with van der Waals surface area (Å²) < 4.78 is 22.2. The molecule has 24 heavy (non-hydrogen) atoms. The molecule has 3 rings (SSSR count). The summed E-state index contributed by atoms with van der Waals surface area (Å²) in [4.78, 5) is 0. The molecule has 0 aliphatic carbocycles. The molecule has 1 aliphatic rings. The summed E-state index contributed by atoms with van der Waals surface area (Å²) in [5.41, 5.74) is 2.26. The van der Waals surface area contributed by atoms with Gasteiger partial charge in [-0.2, -0.15) is 0 Å². The van der Waals surface area contributed by atoms with Crippen LogP contribution in [-0.4, -0.2) is 20.5 Å². The molecule has 0 N–H and O–H groups in total. The molecule has 0 fully saturated rings. The van der Waals surface area contributed by atoms with Crippen LogP contribution in [0.25, 0.3) is 0 Å². The molecule has 1 atom stereocenters. The molecule has 0 radical (unpaired) electrons. The van der Waals surface area contributed by atoms with E-state index in [0.29, 0.717) is 6.61 Å². The lowest BCUT2D eigenvalue weighted by Gasteiger charge is -2.18. The normalized spacial score (nSPS) is 14.0. The molecule has 2 aromatic carbocycles. The van der Waals surface area contributed by atoms with Crippen molar-refractivity contribution in [3.05, 3.63) is 59.7 Å². The minimum Gasteiger partial charge on any atom is -0.497 e. The van der Waals surface area contributed by atoms with Crippen LogP contribution in [0.1, 0.15) is 30.9 Å². The van der Waals surface area contributed by atoms with Crippen LogP contribution in [0.5, 0.6) is 23.0 Å². The van der Waals surface area contributed by atoms with Gasteiger partial charge in [-0.25, -0.2) is 0 Å². The molecule has 0 aromatic heterocycles. The standard InChI is InChI=1S/C20H22O4/c1-4-5-10-22-18-12-20-19(23-13-24-20)11-17(18)14(2)15-6-8-16(21-3)9-7-15/h4-9,11-12,14H,10,13H2,1-3H3/b5-4-/t14-/m1/s1. The zero-order valence-corrected chi connectivity index (χ0v) is 14.2. The SMILES string of the molecule is C/C=C\COc1cc2c(cc1[C@H](C)c1ccc(OC)cc1)OCO2. The number of methoxy groups -OCH3 is 1. The van der Waals surface area contributed by atoms with Gasteiger partial charge < -0.3 is 18.9 Å². The largest absolute Gasteiger partial charge is 0.497 e. The van der Waals surface area contributed by atoms with E-state index in [9.17, 15) is 0 Å². The maximum Gasteiger partial charge on any atom is 0.231 e. The van der Waals surface area contributed by atoms with Gasteiger partial charge in [-0.05, 0) is 30.7 Å². The predicted molar refractivity (Wildman–Crippen MR) is 93.4 cm³/mol. The highest BCUT2D eigenvalue weighted by Gasteiger charge is 2.22. The van der Waals surface area contributed by atoms with Crippen LogP contribution in [0, 0.1) is 0 Å². The highest BCUT2D eigenvalue weighted by atomic mass is 16.7. The predicted octanol–water partition coefficient (Wildman–Crippen LogP) is 4.53. The summed E-state index contributed by atoms with van der Waals surface area (Å²) in [5, 5.41) is 0. The van der Waals surface area contributed by atoms with E-state index in [-0.39, 0.29) is 12.7 Å². The minimum absolute atomic E-state index is 0.158. The minimum atomic E-state index is 0.158. The zero-order valence-electron chi connectivity index (χ0n) is 14.2. The van der Waals surface area contributed by atoms with Gasteiger partial charge in [0, 0.05) is 17.5 Å². The van der Waals surface area contributed by atoms with Crippen LogP contribution in [0.3, 0.4) is 0 Å². The van der Waals surface area contributed by atoms with Gasteiger partial charge in [0.2, 0.25) is 6.79 Å². The fraction of sp³-hybridized carbons (Fsp3) is 0.300. The van der Waals surface area contributed by atoms with Crippen LogP contribution in [0.2, 0.25) is 0 Å². The first-order chi connectivity index (χ1) is 11.7. The monoisotopic (exact) mass is 326 g/mol. The number of benzene rings is 2. The molecule has 1 heterocycles. The lowest BCUT2D eigenvalue weighted by Crippen LogP contribution is -2.02. The second-order valence-corrected chi connectivity index (χ2v) is 5.62. The van der Waals surface area contributed by atoms with Crippen molar-refractivity contribution in [2.24, 2.45) is 0 Å². The van der Waals surface area contributed by atoms with Gasteiger partial charge in [0.1, 0.15) is 18.1 Å². The first kappa shape index (κ1) is 16.2. The molecule has 126 valence electrons. The highest BCUT2D eigenvalue weighted by molar-refractivity contribution is 5.54. The molecule has 4 heteroatoms. The van der Waals surface area contributed by atoms with E-state index in [1.165, 1.54) is 5.56 Å². The Kier molecular flexibility index (Phi) is 4.94. The Balaban J connectivity index is 1.94. The van der Waals surface area contributed by atoms with Gasteiger partial charge in [0.05, 0.1) is 7.11 Å². The van der Waals surface area contributed by atoms with E-state index < -0.39 is 0 Å². The summed E-state index contributed by atoms with van der Waals surface area (Å²) in [7, 11) is 1.67. The van der Waals surface area contributed by atoms with Crippen molar-refractivity contribution in [1.29, 1.82) is 0 Å². The third-order valence-electron chi connectivity index (χ3n) is 4.16. The molecule has 0 saturated heterocycles. The maximum absolute atomic E-state index is 5.94. The third kappa shape index (κ3) is 3.32. The molecule has 4 nitrogen and oxygen atoms in total. The van der Waals surface area contributed by atoms with Crippen molar-refractivity contribution >= 4 is 0 Å². The molecule has 0 spiro atoms. The van der Waals surface area contributed by atoms with E-state index in [1.807, 2.05) is 43.3 Å². The number of hydrogen-bond acceptors (Lipinski definition) is 4. The highest BCUT2D eigenvalue weighted by Crippen LogP contribution is 2.42. The van der Waals surface area contributed by atoms with Crippen LogP contribution >= 0.6 is 0 Å². The molecule has 2 aromatic rings. The number of ether oxygens (including phenoxy) is 4. The molecule has 0 saturated carbocycles. The summed E-state index contributed by atoms with van der Waals surface area (Å²) >= 11 is 0. The Morgan fingerprint density at radius 2 is 1.83 bits per heavy atom. The average molecular weight is 326 g/mol. The smallest absolute Gasteiger partial charge is 0.231 e. The molecule has 0 amide bonds. The average Bonchev–Trinajstić information content (AvgIpc) is 3.08. The number of rotatable bonds is 6. The maximum atomic E-state index is 5.94. The van der Waals surface area contributed by atoms with E-state index in [2.05, 4.69) is 19.1 Å². The van der Waals surface area contributed by atoms with Gasteiger partial charge in [0.15, 0.2) is 11.5 Å². The first-order valence-corrected chi connectivity index (χ1v) is 8.04. The van der Waals surface area contributed by atoms with Gasteiger partial charge in [-0.1, -0.05) is 31.2 Å². The summed E-state index contributed by atoms with van der Waals surface area (Å²) in [5.74, 6) is 3.33. The van der Waals surface area contributed by atoms with Gasteiger partial charge in [-0.3, -0.25) is 0 Å². The van der Waals surface area contributed by atoms with Crippen molar-refractivity contribution in [2.45, 2.75) is 19.8 Å². The second-order valence-electron chi connectivity index (χ2n) is 5.62. The first-order valence-electron chi connectivity index (χ1n) is 8.04. The quantitative estimate of drug-likeness (QED) is 0.731. The lowest BCUT2D eigenvalue weighted by atomic mass is 9.92. The van der Waals surface area contributed by atoms with Crippen LogP contribution in [0.4, 0.5) is 0 Å². The van der Waals surface area contributed by atoms with Crippen molar-refractivity contribution in [3.8, 4) is 23.0 Å². The van der Waals surface area contributed by atoms with Crippen molar-refractivity contribution in [1.82, 2.24) is 0 Å². The van der Waals surface area contributed by atoms with E-state index in [4.69, 9.17) is 18.9 Å². The molecule has 0 unspecified atom stereocenters. The third-order valence-corrected chi connectivity index (χ3v) is 4.16. The van der Waals surface area contributed by atoms with Crippen LogP contribution in [0.15, 0.2) is 48.6 Å². The summed E-state index contributed by atoms with van der Waals surface area (Å²) in [6.07, 6.45) is 3.95. The van der Waals surface area contributed by atoms with Crippen molar-refractivity contribution < 1.29 is 18.9 Å². The Hall–Kier alpha value is -2.62. The van der Waals surface area contributed by atoms with E-state index in [0.717, 1.165) is 28.6 Å². The fourth-order valence-electron chi connectivity index (χ4n) is 2.71. The number of hydrogen-bond donors (Lipinski definition) is 0. The topological polar surface area (TPSA) is 36.9 Å². The molecular formula is C20H22O4. The van der Waals surface area contributed by atoms with Crippen LogP contribution in [-0.2, 0) is 0 Å². The van der Waals surface area contributed by atoms with E-state index in [1.54, 1.807) is 7.11 Å². The second kappa shape index (κ2) is 7.30. The summed E-state index contributed by atoms with van der Waals surface area (Å²) in [6.45, 7) is 4.91. The Morgan fingerprint density at radius 3 is 2.50 bits per heavy atom. The summed E-state index contributed by atoms with van der Waals surface area (Å²) in [6, 6.07) is 12.0. The zero-order chi connectivity index (χ0) is 16.9.